The van der Waals surface area contributed by atoms with Crippen LogP contribution in [0, 0.1) is 45.9 Å². The Morgan fingerprint density at radius 3 is 2.39 bits per heavy atom. The second kappa shape index (κ2) is 8.76. The van der Waals surface area contributed by atoms with Crippen LogP contribution in [0.2, 0.25) is 0 Å². The highest BCUT2D eigenvalue weighted by molar-refractivity contribution is 6.04. The number of aryl methyl sites for hydroxylation is 4. The van der Waals surface area contributed by atoms with Gasteiger partial charge in [0.1, 0.15) is 23.2 Å². The lowest BCUT2D eigenvalue weighted by molar-refractivity contribution is -0.117. The van der Waals surface area contributed by atoms with Gasteiger partial charge in [-0.05, 0) is 70.0 Å². The van der Waals surface area contributed by atoms with E-state index in [4.69, 9.17) is 4.42 Å². The molecule has 0 aliphatic heterocycles. The predicted molar refractivity (Wildman–Crippen MR) is 117 cm³/mol. The fourth-order valence-electron chi connectivity index (χ4n) is 3.53. The minimum atomic E-state index is -0.700. The van der Waals surface area contributed by atoms with Crippen LogP contribution in [0.3, 0.4) is 0 Å². The number of hydrazine groups is 1. The number of amides is 2. The number of carbonyl (C=O) groups is 2. The Labute approximate surface area is 181 Å². The highest BCUT2D eigenvalue weighted by Gasteiger charge is 2.17. The van der Waals surface area contributed by atoms with E-state index in [0.717, 1.165) is 28.2 Å². The van der Waals surface area contributed by atoms with Crippen molar-refractivity contribution in [2.45, 2.75) is 34.6 Å². The number of furan rings is 1. The summed E-state index contributed by atoms with van der Waals surface area (Å²) in [4.78, 5) is 24.7. The number of benzene rings is 1. The molecule has 0 unspecified atom stereocenters. The quantitative estimate of drug-likeness (QED) is 0.382. The van der Waals surface area contributed by atoms with E-state index in [1.54, 1.807) is 19.9 Å². The van der Waals surface area contributed by atoms with Gasteiger partial charge in [0.2, 0.25) is 0 Å². The van der Waals surface area contributed by atoms with Crippen molar-refractivity contribution in [3.63, 3.8) is 0 Å². The van der Waals surface area contributed by atoms with Gasteiger partial charge in [-0.1, -0.05) is 18.2 Å². The third kappa shape index (κ3) is 4.43. The summed E-state index contributed by atoms with van der Waals surface area (Å²) in [7, 11) is 0. The fourth-order valence-corrected chi connectivity index (χ4v) is 3.53. The van der Waals surface area contributed by atoms with Crippen LogP contribution in [-0.4, -0.2) is 16.4 Å². The van der Waals surface area contributed by atoms with Crippen LogP contribution in [0.15, 0.2) is 46.4 Å². The van der Waals surface area contributed by atoms with Crippen molar-refractivity contribution in [2.75, 3.05) is 0 Å². The van der Waals surface area contributed by atoms with Crippen molar-refractivity contribution in [1.29, 1.82) is 5.26 Å². The first kappa shape index (κ1) is 21.7. The summed E-state index contributed by atoms with van der Waals surface area (Å²) in [5, 5.41) is 9.50. The molecule has 2 heterocycles. The monoisotopic (exact) mass is 416 g/mol. The van der Waals surface area contributed by atoms with Crippen molar-refractivity contribution < 1.29 is 14.0 Å². The molecule has 158 valence electrons. The molecule has 0 radical (unpaired) electrons. The first-order chi connectivity index (χ1) is 14.7. The molecule has 1 aromatic carbocycles. The normalized spacial score (nSPS) is 11.2. The molecular weight excluding hydrogens is 392 g/mol. The third-order valence-electron chi connectivity index (χ3n) is 5.07. The first-order valence-corrected chi connectivity index (χ1v) is 9.77. The van der Waals surface area contributed by atoms with E-state index < -0.39 is 11.8 Å². The summed E-state index contributed by atoms with van der Waals surface area (Å²) < 4.78 is 7.41. The number of para-hydroxylation sites is 1. The number of aromatic nitrogens is 1. The summed E-state index contributed by atoms with van der Waals surface area (Å²) in [5.74, 6) is -0.174. The Bertz CT molecular complexity index is 1240. The van der Waals surface area contributed by atoms with Gasteiger partial charge in [-0.3, -0.25) is 20.4 Å². The zero-order valence-electron chi connectivity index (χ0n) is 18.2. The maximum Gasteiger partial charge on any atom is 0.280 e. The molecule has 2 aromatic heterocycles. The number of nitrogens with one attached hydrogen (secondary N) is 2. The standard InChI is InChI=1S/C24H24N4O3/c1-14-8-6-7-9-22(14)28-15(2)10-19(17(28)4)12-20(13-25)23(29)26-27-24(30)21-11-16(3)31-18(21)5/h6-12H,1-5H3,(H,26,29)(H,27,30). The average molecular weight is 416 g/mol. The van der Waals surface area contributed by atoms with Crippen molar-refractivity contribution in [1.82, 2.24) is 15.4 Å². The molecule has 0 bridgehead atoms. The van der Waals surface area contributed by atoms with Crippen molar-refractivity contribution in [2.24, 2.45) is 0 Å². The van der Waals surface area contributed by atoms with Gasteiger partial charge in [0, 0.05) is 17.1 Å². The second-order valence-electron chi connectivity index (χ2n) is 7.35. The Hall–Kier alpha value is -4.05. The Morgan fingerprint density at radius 1 is 1.06 bits per heavy atom. The lowest BCUT2D eigenvalue weighted by atomic mass is 10.1. The van der Waals surface area contributed by atoms with E-state index in [1.165, 1.54) is 6.08 Å². The van der Waals surface area contributed by atoms with Gasteiger partial charge in [0.05, 0.1) is 5.56 Å². The van der Waals surface area contributed by atoms with E-state index in [1.807, 2.05) is 57.2 Å². The van der Waals surface area contributed by atoms with Gasteiger partial charge < -0.3 is 8.98 Å². The molecule has 0 aliphatic rings. The molecule has 3 aromatic rings. The molecule has 0 saturated heterocycles. The largest absolute Gasteiger partial charge is 0.466 e. The number of hydrogen-bond donors (Lipinski definition) is 2. The Morgan fingerprint density at radius 2 is 1.77 bits per heavy atom. The number of carbonyl (C=O) groups excluding carboxylic acids is 2. The summed E-state index contributed by atoms with van der Waals surface area (Å²) in [6.45, 7) is 9.33. The molecule has 0 saturated carbocycles. The summed E-state index contributed by atoms with van der Waals surface area (Å²) in [5.41, 5.74) is 9.61. The van der Waals surface area contributed by atoms with E-state index in [-0.39, 0.29) is 5.57 Å². The Kier molecular flexibility index (Phi) is 6.12. The second-order valence-corrected chi connectivity index (χ2v) is 7.35. The average Bonchev–Trinajstić information content (AvgIpc) is 3.21. The fraction of sp³-hybridized carbons (Fsp3) is 0.208. The molecule has 2 N–H and O–H groups in total. The molecule has 0 aliphatic carbocycles. The lowest BCUT2D eigenvalue weighted by Crippen LogP contribution is -2.42. The number of rotatable bonds is 4. The highest BCUT2D eigenvalue weighted by Crippen LogP contribution is 2.24. The number of nitriles is 1. The molecule has 0 atom stereocenters. The SMILES string of the molecule is Cc1cc(C(=O)NNC(=O)C(C#N)=Cc2cc(C)n(-c3ccccc3C)c2C)c(C)o1. The molecule has 31 heavy (non-hydrogen) atoms. The molecule has 0 spiro atoms. The molecular formula is C24H24N4O3. The molecule has 2 amide bonds. The van der Waals surface area contributed by atoms with Crippen LogP contribution in [0.1, 0.15) is 44.4 Å². The topological polar surface area (TPSA) is 100 Å². The van der Waals surface area contributed by atoms with E-state index in [9.17, 15) is 14.9 Å². The highest BCUT2D eigenvalue weighted by atomic mass is 16.3. The van der Waals surface area contributed by atoms with Crippen molar-refractivity contribution >= 4 is 17.9 Å². The molecule has 0 fully saturated rings. The van der Waals surface area contributed by atoms with Crippen LogP contribution in [-0.2, 0) is 4.79 Å². The Balaban J connectivity index is 1.82. The third-order valence-corrected chi connectivity index (χ3v) is 5.07. The van der Waals surface area contributed by atoms with Gasteiger partial charge in [0.25, 0.3) is 11.8 Å². The van der Waals surface area contributed by atoms with Gasteiger partial charge in [-0.25, -0.2) is 0 Å². The maximum atomic E-state index is 12.5. The van der Waals surface area contributed by atoms with E-state index >= 15 is 0 Å². The maximum absolute atomic E-state index is 12.5. The summed E-state index contributed by atoms with van der Waals surface area (Å²) >= 11 is 0. The number of nitrogens with zero attached hydrogens (tertiary/aromatic N) is 2. The van der Waals surface area contributed by atoms with Gasteiger partial charge in [-0.15, -0.1) is 0 Å². The number of hydrogen-bond acceptors (Lipinski definition) is 4. The summed E-state index contributed by atoms with van der Waals surface area (Å²) in [6.07, 6.45) is 1.52. The predicted octanol–water partition coefficient (Wildman–Crippen LogP) is 3.98. The van der Waals surface area contributed by atoms with E-state index in [2.05, 4.69) is 15.4 Å². The van der Waals surface area contributed by atoms with Gasteiger partial charge in [-0.2, -0.15) is 5.26 Å². The van der Waals surface area contributed by atoms with Crippen LogP contribution < -0.4 is 10.9 Å². The van der Waals surface area contributed by atoms with Crippen LogP contribution >= 0.6 is 0 Å². The minimum absolute atomic E-state index is 0.120. The van der Waals surface area contributed by atoms with E-state index in [0.29, 0.717) is 17.1 Å². The van der Waals surface area contributed by atoms with Crippen molar-refractivity contribution in [3.05, 3.63) is 81.6 Å². The van der Waals surface area contributed by atoms with Gasteiger partial charge in [0.15, 0.2) is 0 Å². The lowest BCUT2D eigenvalue weighted by Gasteiger charge is -2.12. The van der Waals surface area contributed by atoms with Gasteiger partial charge >= 0.3 is 0 Å². The zero-order valence-corrected chi connectivity index (χ0v) is 18.2. The first-order valence-electron chi connectivity index (χ1n) is 9.77. The summed E-state index contributed by atoms with van der Waals surface area (Å²) in [6, 6.07) is 13.4. The molecule has 3 rings (SSSR count). The smallest absolute Gasteiger partial charge is 0.280 e. The van der Waals surface area contributed by atoms with Crippen LogP contribution in [0.4, 0.5) is 0 Å². The molecule has 7 nitrogen and oxygen atoms in total. The molecule has 7 heteroatoms. The van der Waals surface area contributed by atoms with Crippen molar-refractivity contribution in [3.8, 4) is 11.8 Å². The zero-order chi connectivity index (χ0) is 22.7. The van der Waals surface area contributed by atoms with Crippen LogP contribution in [0.25, 0.3) is 11.8 Å². The minimum Gasteiger partial charge on any atom is -0.466 e. The van der Waals surface area contributed by atoms with Crippen LogP contribution in [0.5, 0.6) is 0 Å².